The Hall–Kier alpha value is -2.85. The average Bonchev–Trinajstić information content (AvgIpc) is 2.99. The van der Waals surface area contributed by atoms with Gasteiger partial charge in [-0.3, -0.25) is 4.68 Å². The zero-order valence-electron chi connectivity index (χ0n) is 12.7. The average molecular weight is 338 g/mol. The van der Waals surface area contributed by atoms with Gasteiger partial charge >= 0.3 is 0 Å². The predicted molar refractivity (Wildman–Crippen MR) is 92.3 cm³/mol. The Morgan fingerprint density at radius 2 is 1.83 bits per heavy atom. The summed E-state index contributed by atoms with van der Waals surface area (Å²) in [6.07, 6.45) is 4.29. The number of aliphatic carboxylic acids is 1. The van der Waals surface area contributed by atoms with Crippen molar-refractivity contribution in [1.29, 1.82) is 0 Å². The van der Waals surface area contributed by atoms with E-state index >= 15 is 0 Å². The molecule has 3 aromatic rings. The van der Waals surface area contributed by atoms with Crippen LogP contribution in [0.2, 0.25) is 5.02 Å². The molecule has 0 amide bonds. The first-order valence-corrected chi connectivity index (χ1v) is 7.76. The molecule has 24 heavy (non-hydrogen) atoms. The van der Waals surface area contributed by atoms with E-state index in [-0.39, 0.29) is 0 Å². The number of rotatable bonds is 5. The summed E-state index contributed by atoms with van der Waals surface area (Å²) >= 11 is 6.20. The van der Waals surface area contributed by atoms with Crippen LogP contribution in [0.1, 0.15) is 11.1 Å². The second-order valence-corrected chi connectivity index (χ2v) is 5.65. The molecule has 0 aliphatic carbocycles. The van der Waals surface area contributed by atoms with Crippen molar-refractivity contribution in [3.63, 3.8) is 0 Å². The largest absolute Gasteiger partial charge is 0.545 e. The van der Waals surface area contributed by atoms with Crippen LogP contribution in [0.3, 0.4) is 0 Å². The molecule has 4 nitrogen and oxygen atoms in total. The zero-order valence-corrected chi connectivity index (χ0v) is 13.5. The van der Waals surface area contributed by atoms with E-state index in [0.29, 0.717) is 22.8 Å². The highest BCUT2D eigenvalue weighted by atomic mass is 35.5. The Morgan fingerprint density at radius 3 is 2.54 bits per heavy atom. The maximum absolute atomic E-state index is 10.7. The summed E-state index contributed by atoms with van der Waals surface area (Å²) in [5.41, 5.74) is 3.27. The summed E-state index contributed by atoms with van der Waals surface area (Å²) < 4.78 is 1.75. The first-order valence-electron chi connectivity index (χ1n) is 7.39. The van der Waals surface area contributed by atoms with Crippen LogP contribution >= 0.6 is 11.6 Å². The van der Waals surface area contributed by atoms with Gasteiger partial charge in [0.25, 0.3) is 0 Å². The van der Waals surface area contributed by atoms with Gasteiger partial charge in [0.15, 0.2) is 0 Å². The summed E-state index contributed by atoms with van der Waals surface area (Å²) in [7, 11) is 0. The maximum Gasteiger partial charge on any atom is 0.0995 e. The van der Waals surface area contributed by atoms with E-state index < -0.39 is 5.97 Å². The molecule has 0 saturated heterocycles. The fraction of sp³-hybridized carbons (Fsp3) is 0.0526. The standard InChI is InChI=1S/C19H15ClN2O2/c20-17-9-5-4-8-15(17)12-22-13-16(10-11-18(23)24)19(21-22)14-6-2-1-3-7-14/h1-11,13H,12H2,(H,23,24)/p-1/b11-10+. The quantitative estimate of drug-likeness (QED) is 0.672. The van der Waals surface area contributed by atoms with Gasteiger partial charge in [0.2, 0.25) is 0 Å². The lowest BCUT2D eigenvalue weighted by molar-refractivity contribution is -0.297. The van der Waals surface area contributed by atoms with Crippen molar-refractivity contribution < 1.29 is 9.90 Å². The van der Waals surface area contributed by atoms with Gasteiger partial charge in [0.1, 0.15) is 0 Å². The van der Waals surface area contributed by atoms with Gasteiger partial charge in [0, 0.05) is 22.3 Å². The number of carboxylic acids is 1. The molecule has 0 radical (unpaired) electrons. The van der Waals surface area contributed by atoms with E-state index in [9.17, 15) is 9.90 Å². The molecule has 0 aliphatic rings. The molecule has 0 fully saturated rings. The molecule has 0 atom stereocenters. The van der Waals surface area contributed by atoms with Crippen molar-refractivity contribution >= 4 is 23.6 Å². The summed E-state index contributed by atoms with van der Waals surface area (Å²) in [5, 5.41) is 16.0. The maximum atomic E-state index is 10.7. The molecule has 0 N–H and O–H groups in total. The Bertz CT molecular complexity index is 885. The summed E-state index contributed by atoms with van der Waals surface area (Å²) in [6, 6.07) is 17.2. The third-order valence-electron chi connectivity index (χ3n) is 3.53. The number of hydrogen-bond acceptors (Lipinski definition) is 3. The molecule has 0 saturated carbocycles. The van der Waals surface area contributed by atoms with Gasteiger partial charge in [-0.25, -0.2) is 0 Å². The topological polar surface area (TPSA) is 57.9 Å². The lowest BCUT2D eigenvalue weighted by Crippen LogP contribution is -2.18. The van der Waals surface area contributed by atoms with E-state index in [1.54, 1.807) is 10.9 Å². The van der Waals surface area contributed by atoms with Crippen LogP contribution in [0.5, 0.6) is 0 Å². The van der Waals surface area contributed by atoms with Crippen molar-refractivity contribution in [2.24, 2.45) is 0 Å². The minimum Gasteiger partial charge on any atom is -0.545 e. The Labute approximate surface area is 144 Å². The monoisotopic (exact) mass is 337 g/mol. The molecular formula is C19H14ClN2O2-. The first kappa shape index (κ1) is 16.0. The lowest BCUT2D eigenvalue weighted by atomic mass is 10.1. The first-order chi connectivity index (χ1) is 11.6. The number of carboxylic acid groups (broad SMARTS) is 1. The third-order valence-corrected chi connectivity index (χ3v) is 3.90. The van der Waals surface area contributed by atoms with Crippen molar-refractivity contribution in [3.8, 4) is 11.3 Å². The highest BCUT2D eigenvalue weighted by Gasteiger charge is 2.10. The van der Waals surface area contributed by atoms with Gasteiger partial charge in [0.05, 0.1) is 18.2 Å². The fourth-order valence-electron chi connectivity index (χ4n) is 2.42. The number of carbonyl (C=O) groups is 1. The zero-order chi connectivity index (χ0) is 16.9. The minimum atomic E-state index is -1.24. The molecule has 5 heteroatoms. The Morgan fingerprint density at radius 1 is 1.12 bits per heavy atom. The van der Waals surface area contributed by atoms with Gasteiger partial charge in [-0.05, 0) is 23.8 Å². The van der Waals surface area contributed by atoms with Crippen molar-refractivity contribution in [1.82, 2.24) is 9.78 Å². The Kier molecular flexibility index (Phi) is 4.77. The van der Waals surface area contributed by atoms with Gasteiger partial charge in [-0.2, -0.15) is 5.10 Å². The smallest absolute Gasteiger partial charge is 0.0995 e. The minimum absolute atomic E-state index is 0.499. The molecule has 0 unspecified atom stereocenters. The molecular weight excluding hydrogens is 324 g/mol. The molecule has 0 aliphatic heterocycles. The van der Waals surface area contributed by atoms with E-state index in [1.165, 1.54) is 6.08 Å². The molecule has 0 bridgehead atoms. The van der Waals surface area contributed by atoms with Crippen molar-refractivity contribution in [2.75, 3.05) is 0 Å². The van der Waals surface area contributed by atoms with Gasteiger partial charge in [-0.15, -0.1) is 0 Å². The van der Waals surface area contributed by atoms with Gasteiger partial charge in [-0.1, -0.05) is 60.1 Å². The van der Waals surface area contributed by atoms with Crippen LogP contribution in [0.15, 0.2) is 66.9 Å². The molecule has 2 aromatic carbocycles. The van der Waals surface area contributed by atoms with Crippen LogP contribution in [-0.4, -0.2) is 15.7 Å². The van der Waals surface area contributed by atoms with Crippen LogP contribution in [-0.2, 0) is 11.3 Å². The van der Waals surface area contributed by atoms with E-state index in [0.717, 1.165) is 17.2 Å². The van der Waals surface area contributed by atoms with Crippen LogP contribution in [0.25, 0.3) is 17.3 Å². The SMILES string of the molecule is O=C([O-])/C=C/c1cn(Cc2ccccc2Cl)nc1-c1ccccc1. The number of benzene rings is 2. The Balaban J connectivity index is 2.00. The molecule has 1 heterocycles. The number of carbonyl (C=O) groups excluding carboxylic acids is 1. The fourth-order valence-corrected chi connectivity index (χ4v) is 2.61. The lowest BCUT2D eigenvalue weighted by Gasteiger charge is -2.04. The number of halogens is 1. The molecule has 3 rings (SSSR count). The summed E-state index contributed by atoms with van der Waals surface area (Å²) in [6.45, 7) is 0.499. The number of nitrogens with zero attached hydrogens (tertiary/aromatic N) is 2. The highest BCUT2D eigenvalue weighted by molar-refractivity contribution is 6.31. The van der Waals surface area contributed by atoms with Crippen LogP contribution < -0.4 is 5.11 Å². The third kappa shape index (κ3) is 3.73. The van der Waals surface area contributed by atoms with Crippen LogP contribution in [0, 0.1) is 0 Å². The second-order valence-electron chi connectivity index (χ2n) is 5.24. The number of aromatic nitrogens is 2. The molecule has 0 spiro atoms. The van der Waals surface area contributed by atoms with E-state index in [2.05, 4.69) is 5.10 Å². The van der Waals surface area contributed by atoms with Gasteiger partial charge < -0.3 is 9.90 Å². The predicted octanol–water partition coefficient (Wildman–Crippen LogP) is 3.01. The molecule has 1 aromatic heterocycles. The number of hydrogen-bond donors (Lipinski definition) is 0. The van der Waals surface area contributed by atoms with Crippen molar-refractivity contribution in [3.05, 3.63) is 83.0 Å². The highest BCUT2D eigenvalue weighted by Crippen LogP contribution is 2.24. The van der Waals surface area contributed by atoms with E-state index in [4.69, 9.17) is 11.6 Å². The summed E-state index contributed by atoms with van der Waals surface area (Å²) in [4.78, 5) is 10.7. The van der Waals surface area contributed by atoms with Crippen LogP contribution in [0.4, 0.5) is 0 Å². The summed E-state index contributed by atoms with van der Waals surface area (Å²) in [5.74, 6) is -1.24. The molecule has 120 valence electrons. The normalized spacial score (nSPS) is 11.0. The van der Waals surface area contributed by atoms with Crippen molar-refractivity contribution in [2.45, 2.75) is 6.54 Å². The van der Waals surface area contributed by atoms with E-state index in [1.807, 2.05) is 54.6 Å². The second kappa shape index (κ2) is 7.15.